The summed E-state index contributed by atoms with van der Waals surface area (Å²) in [7, 11) is 0. The van der Waals surface area contributed by atoms with Gasteiger partial charge in [0.2, 0.25) is 0 Å². The molecule has 0 atom stereocenters. The largest absolute Gasteiger partial charge is 0.507 e. The number of hydrogen-bond acceptors (Lipinski definition) is 7. The maximum Gasteiger partial charge on any atom is 0.178 e. The lowest BCUT2D eigenvalue weighted by Crippen LogP contribution is -2.10. The molecule has 0 aliphatic heterocycles. The Kier molecular flexibility index (Phi) is 12.3. The van der Waals surface area contributed by atoms with E-state index in [1.807, 2.05) is 54.6 Å². The number of hydrogen-bond donors (Lipinski definition) is 2. The SMILES string of the molecule is Cc1cc(N(c2ccccc2)c2ccccc2)cc(C)c1-c1ccc(C=Nc2cccnc2/N=C/c2ccc(-c3c(C)cc(N(c4ccccc4)c4ccccc4)cc3C)cc2O)c(O)c1. The standard InChI is InChI=1S/C59H49N5O2/c1-40-32-52(63(48-18-9-5-10-19-48)49-20-11-6-12-21-49)33-41(2)57(40)44-27-29-46(55(65)36-44)38-61-54-26-17-31-60-59(54)62-39-47-30-28-45(37-56(47)66)58-42(3)34-53(35-43(58)4)64(50-22-13-7-14-23-50)51-24-15-8-16-25-51/h5-39,65-66H,1-4H3/b61-38?,62-39+. The Morgan fingerprint density at radius 3 is 1.12 bits per heavy atom. The monoisotopic (exact) mass is 859 g/mol. The number of aromatic nitrogens is 1. The summed E-state index contributed by atoms with van der Waals surface area (Å²) in [4.78, 5) is 18.3. The fourth-order valence-corrected chi connectivity index (χ4v) is 8.73. The first-order valence-electron chi connectivity index (χ1n) is 21.9. The van der Waals surface area contributed by atoms with Gasteiger partial charge in [-0.3, -0.25) is 4.99 Å². The highest BCUT2D eigenvalue weighted by Gasteiger charge is 2.18. The lowest BCUT2D eigenvalue weighted by Gasteiger charge is -2.27. The van der Waals surface area contributed by atoms with Crippen molar-refractivity contribution < 1.29 is 10.2 Å². The Bertz CT molecular complexity index is 2860. The molecule has 0 saturated carbocycles. The topological polar surface area (TPSA) is 84.6 Å². The lowest BCUT2D eigenvalue weighted by atomic mass is 9.93. The van der Waals surface area contributed by atoms with Crippen molar-refractivity contribution in [3.63, 3.8) is 0 Å². The van der Waals surface area contributed by atoms with Crippen molar-refractivity contribution in [2.45, 2.75) is 27.7 Å². The van der Waals surface area contributed by atoms with Gasteiger partial charge in [-0.25, -0.2) is 9.98 Å². The summed E-state index contributed by atoms with van der Waals surface area (Å²) in [6.45, 7) is 8.43. The van der Waals surface area contributed by atoms with Crippen molar-refractivity contribution in [1.29, 1.82) is 0 Å². The number of aromatic hydroxyl groups is 2. The van der Waals surface area contributed by atoms with Crippen molar-refractivity contribution in [2.24, 2.45) is 9.98 Å². The molecule has 66 heavy (non-hydrogen) atoms. The van der Waals surface area contributed by atoms with Crippen molar-refractivity contribution in [3.05, 3.63) is 234 Å². The predicted molar refractivity (Wildman–Crippen MR) is 274 cm³/mol. The normalized spacial score (nSPS) is 11.3. The zero-order valence-electron chi connectivity index (χ0n) is 37.3. The summed E-state index contributed by atoms with van der Waals surface area (Å²) in [5, 5.41) is 22.6. The zero-order chi connectivity index (χ0) is 45.6. The third-order valence-corrected chi connectivity index (χ3v) is 11.7. The van der Waals surface area contributed by atoms with E-state index in [1.54, 1.807) is 36.8 Å². The molecule has 9 rings (SSSR count). The first-order valence-corrected chi connectivity index (χ1v) is 21.9. The summed E-state index contributed by atoms with van der Waals surface area (Å²) < 4.78 is 0. The van der Waals surface area contributed by atoms with E-state index in [4.69, 9.17) is 4.99 Å². The molecule has 0 amide bonds. The Hall–Kier alpha value is -8.55. The number of pyridine rings is 1. The second-order valence-electron chi connectivity index (χ2n) is 16.3. The zero-order valence-corrected chi connectivity index (χ0v) is 37.3. The molecular formula is C59H49N5O2. The molecule has 0 radical (unpaired) electrons. The number of aryl methyl sites for hydroxylation is 4. The molecule has 0 bridgehead atoms. The van der Waals surface area contributed by atoms with Gasteiger partial charge in [0, 0.05) is 63.9 Å². The molecule has 7 heteroatoms. The second kappa shape index (κ2) is 19.1. The third kappa shape index (κ3) is 9.09. The van der Waals surface area contributed by atoms with Gasteiger partial charge in [-0.1, -0.05) is 84.9 Å². The molecular weight excluding hydrogens is 811 g/mol. The van der Waals surface area contributed by atoms with Gasteiger partial charge in [0.15, 0.2) is 5.82 Å². The number of para-hydroxylation sites is 4. The van der Waals surface area contributed by atoms with Crippen LogP contribution in [0.25, 0.3) is 22.3 Å². The molecule has 0 fully saturated rings. The Labute approximate surface area is 386 Å². The third-order valence-electron chi connectivity index (χ3n) is 11.7. The second-order valence-corrected chi connectivity index (χ2v) is 16.3. The van der Waals surface area contributed by atoms with Crippen molar-refractivity contribution in [1.82, 2.24) is 4.98 Å². The van der Waals surface area contributed by atoms with E-state index < -0.39 is 0 Å². The van der Waals surface area contributed by atoms with Gasteiger partial charge in [0.25, 0.3) is 0 Å². The quantitative estimate of drug-likeness (QED) is 0.120. The predicted octanol–water partition coefficient (Wildman–Crippen LogP) is 15.5. The molecule has 1 aromatic heterocycles. The molecule has 9 aromatic rings. The van der Waals surface area contributed by atoms with Crippen LogP contribution in [0.4, 0.5) is 45.6 Å². The van der Waals surface area contributed by atoms with Gasteiger partial charge in [0.1, 0.15) is 17.2 Å². The van der Waals surface area contributed by atoms with Crippen LogP contribution >= 0.6 is 0 Å². The molecule has 0 spiro atoms. The molecule has 0 aliphatic rings. The van der Waals surface area contributed by atoms with Crippen LogP contribution in [-0.4, -0.2) is 27.6 Å². The van der Waals surface area contributed by atoms with E-state index in [-0.39, 0.29) is 11.5 Å². The summed E-state index contributed by atoms with van der Waals surface area (Å²) in [6.07, 6.45) is 4.88. The molecule has 0 unspecified atom stereocenters. The number of phenols is 2. The summed E-state index contributed by atoms with van der Waals surface area (Å²) in [6, 6.07) is 65.2. The van der Waals surface area contributed by atoms with E-state index >= 15 is 0 Å². The summed E-state index contributed by atoms with van der Waals surface area (Å²) >= 11 is 0. The fourth-order valence-electron chi connectivity index (χ4n) is 8.73. The van der Waals surface area contributed by atoms with Gasteiger partial charge in [0.05, 0.1) is 0 Å². The highest BCUT2D eigenvalue weighted by Crippen LogP contribution is 2.41. The van der Waals surface area contributed by atoms with Crippen LogP contribution in [0.3, 0.4) is 0 Å². The van der Waals surface area contributed by atoms with Crippen molar-refractivity contribution >= 4 is 58.1 Å². The van der Waals surface area contributed by atoms with Crippen LogP contribution in [0.5, 0.6) is 11.5 Å². The number of benzene rings is 8. The number of phenolic OH excluding ortho intramolecular Hbond substituents is 2. The van der Waals surface area contributed by atoms with E-state index in [1.165, 1.54) is 0 Å². The molecule has 0 aliphatic carbocycles. The molecule has 322 valence electrons. The minimum Gasteiger partial charge on any atom is -0.507 e. The summed E-state index contributed by atoms with van der Waals surface area (Å²) in [5.74, 6) is 0.589. The number of rotatable bonds is 12. The number of nitrogens with zero attached hydrogens (tertiary/aromatic N) is 5. The Morgan fingerprint density at radius 1 is 0.394 bits per heavy atom. The van der Waals surface area contributed by atoms with Crippen molar-refractivity contribution in [3.8, 4) is 33.8 Å². The average Bonchev–Trinajstić information content (AvgIpc) is 3.32. The smallest absolute Gasteiger partial charge is 0.178 e. The minimum absolute atomic E-state index is 0.102. The molecule has 2 N–H and O–H groups in total. The van der Waals surface area contributed by atoms with Crippen molar-refractivity contribution in [2.75, 3.05) is 9.80 Å². The molecule has 1 heterocycles. The Balaban J connectivity index is 0.932. The molecule has 7 nitrogen and oxygen atoms in total. The molecule has 0 saturated heterocycles. The first-order chi connectivity index (χ1) is 32.2. The van der Waals surface area contributed by atoms with Crippen LogP contribution in [-0.2, 0) is 0 Å². The van der Waals surface area contributed by atoms with Gasteiger partial charge < -0.3 is 20.0 Å². The van der Waals surface area contributed by atoms with Gasteiger partial charge in [-0.2, -0.15) is 0 Å². The van der Waals surface area contributed by atoms with E-state index in [9.17, 15) is 10.2 Å². The highest BCUT2D eigenvalue weighted by atomic mass is 16.3. The average molecular weight is 860 g/mol. The minimum atomic E-state index is 0.102. The Morgan fingerprint density at radius 2 is 0.758 bits per heavy atom. The van der Waals surface area contributed by atoms with Crippen LogP contribution in [0.2, 0.25) is 0 Å². The fraction of sp³-hybridized carbons (Fsp3) is 0.0678. The van der Waals surface area contributed by atoms with Crippen LogP contribution in [0.1, 0.15) is 33.4 Å². The van der Waals surface area contributed by atoms with Gasteiger partial charge >= 0.3 is 0 Å². The lowest BCUT2D eigenvalue weighted by molar-refractivity contribution is 0.474. The van der Waals surface area contributed by atoms with Crippen LogP contribution in [0, 0.1) is 27.7 Å². The number of aliphatic imine (C=N–C) groups is 2. The van der Waals surface area contributed by atoms with E-state index in [0.29, 0.717) is 22.6 Å². The van der Waals surface area contributed by atoms with Gasteiger partial charge in [-0.15, -0.1) is 0 Å². The van der Waals surface area contributed by atoms with Crippen LogP contribution < -0.4 is 9.80 Å². The van der Waals surface area contributed by atoms with Gasteiger partial charge in [-0.05, 0) is 181 Å². The van der Waals surface area contributed by atoms with E-state index in [2.05, 4.69) is 169 Å². The summed E-state index contributed by atoms with van der Waals surface area (Å²) in [5.41, 5.74) is 16.4. The molecule has 8 aromatic carbocycles. The van der Waals surface area contributed by atoms with Crippen LogP contribution in [0.15, 0.2) is 210 Å². The maximum absolute atomic E-state index is 11.3. The number of anilines is 6. The first kappa shape index (κ1) is 42.7. The van der Waals surface area contributed by atoms with E-state index in [0.717, 1.165) is 78.6 Å². The maximum atomic E-state index is 11.3. The highest BCUT2D eigenvalue weighted by molar-refractivity contribution is 5.91.